The van der Waals surface area contributed by atoms with Gasteiger partial charge in [0.25, 0.3) is 0 Å². The van der Waals surface area contributed by atoms with Gasteiger partial charge < -0.3 is 20.1 Å². The second-order valence-electron chi connectivity index (χ2n) is 6.73. The number of nitrogens with zero attached hydrogens (tertiary/aromatic N) is 3. The number of halogens is 1. The van der Waals surface area contributed by atoms with Gasteiger partial charge in [0.15, 0.2) is 5.96 Å². The minimum Gasteiger partial charge on any atom is -0.356 e. The number of likely N-dealkylation sites (N-methyl/N-ethyl adjacent to an activating group) is 1. The molecule has 0 bridgehead atoms. The molecule has 0 atom stereocenters. The number of aliphatic imine (C=N–C) groups is 1. The summed E-state index contributed by atoms with van der Waals surface area (Å²) in [7, 11) is 3.48. The van der Waals surface area contributed by atoms with E-state index >= 15 is 0 Å². The number of para-hydroxylation sites is 1. The van der Waals surface area contributed by atoms with E-state index in [1.54, 1.807) is 30.3 Å². The SMILES string of the molecule is CN(C)C(=O)CN=C(NCCCn1ccc2ccccc21)NCc1cccs1.I. The van der Waals surface area contributed by atoms with Gasteiger partial charge in [0, 0.05) is 43.8 Å². The molecule has 0 unspecified atom stereocenters. The number of thiophene rings is 1. The Morgan fingerprint density at radius 1 is 1.14 bits per heavy atom. The highest BCUT2D eigenvalue weighted by molar-refractivity contribution is 14.0. The third kappa shape index (κ3) is 7.04. The first-order valence-corrected chi connectivity index (χ1v) is 10.3. The van der Waals surface area contributed by atoms with Gasteiger partial charge in [-0.1, -0.05) is 24.3 Å². The Kier molecular flexibility index (Phi) is 9.46. The third-order valence-electron chi connectivity index (χ3n) is 4.43. The number of fused-ring (bicyclic) bond motifs is 1. The molecule has 2 N–H and O–H groups in total. The highest BCUT2D eigenvalue weighted by Crippen LogP contribution is 2.15. The van der Waals surface area contributed by atoms with Crippen LogP contribution in [0.4, 0.5) is 0 Å². The number of aryl methyl sites for hydroxylation is 1. The van der Waals surface area contributed by atoms with Crippen LogP contribution in [0.2, 0.25) is 0 Å². The van der Waals surface area contributed by atoms with Crippen LogP contribution in [-0.2, 0) is 17.9 Å². The van der Waals surface area contributed by atoms with Crippen molar-refractivity contribution in [3.63, 3.8) is 0 Å². The number of amides is 1. The van der Waals surface area contributed by atoms with E-state index in [2.05, 4.69) is 68.2 Å². The van der Waals surface area contributed by atoms with Crippen LogP contribution in [0.25, 0.3) is 10.9 Å². The molecule has 156 valence electrons. The van der Waals surface area contributed by atoms with Crippen molar-refractivity contribution in [3.8, 4) is 0 Å². The highest BCUT2D eigenvalue weighted by Gasteiger charge is 2.05. The first-order chi connectivity index (χ1) is 13.6. The van der Waals surface area contributed by atoms with Gasteiger partial charge in [-0.3, -0.25) is 4.79 Å². The number of hydrogen-bond donors (Lipinski definition) is 2. The third-order valence-corrected chi connectivity index (χ3v) is 5.31. The fourth-order valence-electron chi connectivity index (χ4n) is 2.84. The normalized spacial score (nSPS) is 11.2. The quantitative estimate of drug-likeness (QED) is 0.205. The summed E-state index contributed by atoms with van der Waals surface area (Å²) in [6.07, 6.45) is 3.09. The van der Waals surface area contributed by atoms with Crippen LogP contribution in [0.1, 0.15) is 11.3 Å². The summed E-state index contributed by atoms with van der Waals surface area (Å²) in [6.45, 7) is 2.53. The molecule has 0 fully saturated rings. The molecule has 0 saturated carbocycles. The summed E-state index contributed by atoms with van der Waals surface area (Å²) >= 11 is 1.70. The van der Waals surface area contributed by atoms with Gasteiger partial charge in [-0.15, -0.1) is 35.3 Å². The summed E-state index contributed by atoms with van der Waals surface area (Å²) in [5.74, 6) is 0.650. The van der Waals surface area contributed by atoms with Gasteiger partial charge in [0.05, 0.1) is 6.54 Å². The molecule has 0 aliphatic heterocycles. The van der Waals surface area contributed by atoms with E-state index < -0.39 is 0 Å². The van der Waals surface area contributed by atoms with E-state index in [0.29, 0.717) is 12.5 Å². The Morgan fingerprint density at radius 2 is 1.97 bits per heavy atom. The summed E-state index contributed by atoms with van der Waals surface area (Å²) in [6, 6.07) is 14.7. The fraction of sp³-hybridized carbons (Fsp3) is 0.333. The molecule has 0 saturated heterocycles. The molecule has 2 heterocycles. The van der Waals surface area contributed by atoms with Gasteiger partial charge in [0.1, 0.15) is 6.54 Å². The standard InChI is InChI=1S/C21H27N5OS.HI/c1-25(2)20(27)16-24-21(23-15-18-8-5-14-28-18)22-11-6-12-26-13-10-17-7-3-4-9-19(17)26;/h3-5,7-10,13-14H,6,11-12,15-16H2,1-2H3,(H2,22,23,24);1H. The fourth-order valence-corrected chi connectivity index (χ4v) is 3.48. The van der Waals surface area contributed by atoms with Crippen molar-refractivity contribution in [1.82, 2.24) is 20.1 Å². The Labute approximate surface area is 193 Å². The van der Waals surface area contributed by atoms with E-state index in [1.807, 2.05) is 6.07 Å². The molecular formula is C21H28IN5OS. The molecular weight excluding hydrogens is 497 g/mol. The zero-order valence-electron chi connectivity index (χ0n) is 16.8. The number of aromatic nitrogens is 1. The van der Waals surface area contributed by atoms with Crippen molar-refractivity contribution in [2.24, 2.45) is 4.99 Å². The maximum atomic E-state index is 11.9. The van der Waals surface area contributed by atoms with Gasteiger partial charge in [-0.25, -0.2) is 4.99 Å². The minimum atomic E-state index is -0.0176. The smallest absolute Gasteiger partial charge is 0.243 e. The first-order valence-electron chi connectivity index (χ1n) is 9.42. The summed E-state index contributed by atoms with van der Waals surface area (Å²) in [5.41, 5.74) is 1.25. The van der Waals surface area contributed by atoms with Gasteiger partial charge in [-0.2, -0.15) is 0 Å². The average molecular weight is 525 g/mol. The van der Waals surface area contributed by atoms with Crippen LogP contribution in [0, 0.1) is 0 Å². The van der Waals surface area contributed by atoms with Crippen LogP contribution in [0.3, 0.4) is 0 Å². The number of guanidine groups is 1. The first kappa shape index (κ1) is 23.2. The van der Waals surface area contributed by atoms with E-state index in [0.717, 1.165) is 19.5 Å². The molecule has 2 aromatic heterocycles. The van der Waals surface area contributed by atoms with Gasteiger partial charge in [0.2, 0.25) is 5.91 Å². The molecule has 29 heavy (non-hydrogen) atoms. The van der Waals surface area contributed by atoms with Crippen molar-refractivity contribution >= 4 is 58.1 Å². The number of hydrogen-bond acceptors (Lipinski definition) is 3. The molecule has 1 amide bonds. The lowest BCUT2D eigenvalue weighted by Gasteiger charge is -2.14. The number of benzene rings is 1. The molecule has 0 aliphatic rings. The average Bonchev–Trinajstić information content (AvgIpc) is 3.36. The van der Waals surface area contributed by atoms with Crippen LogP contribution in [0.5, 0.6) is 0 Å². The van der Waals surface area contributed by atoms with Crippen LogP contribution in [0.15, 0.2) is 59.0 Å². The minimum absolute atomic E-state index is 0. The van der Waals surface area contributed by atoms with Crippen molar-refractivity contribution in [3.05, 3.63) is 58.9 Å². The van der Waals surface area contributed by atoms with Crippen molar-refractivity contribution < 1.29 is 4.79 Å². The van der Waals surface area contributed by atoms with Crippen molar-refractivity contribution in [2.75, 3.05) is 27.2 Å². The number of nitrogens with one attached hydrogen (secondary N) is 2. The molecule has 0 radical (unpaired) electrons. The van der Waals surface area contributed by atoms with E-state index in [-0.39, 0.29) is 36.4 Å². The predicted molar refractivity (Wildman–Crippen MR) is 132 cm³/mol. The largest absolute Gasteiger partial charge is 0.356 e. The maximum Gasteiger partial charge on any atom is 0.243 e. The summed E-state index contributed by atoms with van der Waals surface area (Å²) < 4.78 is 2.27. The van der Waals surface area contributed by atoms with E-state index in [9.17, 15) is 4.79 Å². The Hall–Kier alpha value is -2.07. The molecule has 3 aromatic rings. The number of rotatable bonds is 8. The topological polar surface area (TPSA) is 61.7 Å². The Balaban J connectivity index is 0.00000300. The molecule has 0 spiro atoms. The number of carbonyl (C=O) groups is 1. The Bertz CT molecular complexity index is 920. The van der Waals surface area contributed by atoms with Gasteiger partial charge in [-0.05, 0) is 35.4 Å². The van der Waals surface area contributed by atoms with E-state index in [4.69, 9.17) is 0 Å². The molecule has 1 aromatic carbocycles. The van der Waals surface area contributed by atoms with Crippen molar-refractivity contribution in [2.45, 2.75) is 19.5 Å². The molecule has 6 nitrogen and oxygen atoms in total. The zero-order valence-corrected chi connectivity index (χ0v) is 19.9. The zero-order chi connectivity index (χ0) is 19.8. The molecule has 0 aliphatic carbocycles. The second kappa shape index (κ2) is 11.8. The van der Waals surface area contributed by atoms with Crippen LogP contribution in [-0.4, -0.2) is 48.5 Å². The maximum absolute atomic E-state index is 11.9. The highest BCUT2D eigenvalue weighted by atomic mass is 127. The lowest BCUT2D eigenvalue weighted by molar-refractivity contribution is -0.127. The number of carbonyl (C=O) groups excluding carboxylic acids is 1. The summed E-state index contributed by atoms with van der Waals surface area (Å²) in [4.78, 5) is 19.1. The second-order valence-corrected chi connectivity index (χ2v) is 7.77. The lowest BCUT2D eigenvalue weighted by atomic mass is 10.2. The van der Waals surface area contributed by atoms with E-state index in [1.165, 1.54) is 15.8 Å². The summed E-state index contributed by atoms with van der Waals surface area (Å²) in [5, 5.41) is 9.97. The van der Waals surface area contributed by atoms with Gasteiger partial charge >= 0.3 is 0 Å². The monoisotopic (exact) mass is 525 g/mol. The lowest BCUT2D eigenvalue weighted by Crippen LogP contribution is -2.38. The predicted octanol–water partition coefficient (Wildman–Crippen LogP) is 3.53. The van der Waals surface area contributed by atoms with Crippen LogP contribution < -0.4 is 10.6 Å². The molecule has 3 rings (SSSR count). The van der Waals surface area contributed by atoms with Crippen LogP contribution >= 0.6 is 35.3 Å². The molecule has 8 heteroatoms. The van der Waals surface area contributed by atoms with Crippen molar-refractivity contribution in [1.29, 1.82) is 0 Å². The Morgan fingerprint density at radius 3 is 2.72 bits per heavy atom.